The number of nitrogens with one attached hydrogen (secondary N) is 1. The highest BCUT2D eigenvalue weighted by Gasteiger charge is 2.08. The van der Waals surface area contributed by atoms with Gasteiger partial charge in [-0.2, -0.15) is 0 Å². The number of hydrogen-bond acceptors (Lipinski definition) is 4. The number of fused-ring (bicyclic) bond motifs is 1. The van der Waals surface area contributed by atoms with Gasteiger partial charge in [0.25, 0.3) is 0 Å². The predicted octanol–water partition coefficient (Wildman–Crippen LogP) is 4.34. The first kappa shape index (κ1) is 13.6. The van der Waals surface area contributed by atoms with Crippen LogP contribution in [0.15, 0.2) is 42.7 Å². The van der Waals surface area contributed by atoms with Crippen molar-refractivity contribution in [1.29, 1.82) is 0 Å². The maximum Gasteiger partial charge on any atom is 0.141 e. The smallest absolute Gasteiger partial charge is 0.141 e. The molecule has 0 aliphatic heterocycles. The van der Waals surface area contributed by atoms with Crippen molar-refractivity contribution in [2.24, 2.45) is 0 Å². The second kappa shape index (κ2) is 5.58. The lowest BCUT2D eigenvalue weighted by Crippen LogP contribution is -1.97. The van der Waals surface area contributed by atoms with Gasteiger partial charge in [-0.05, 0) is 36.8 Å². The summed E-state index contributed by atoms with van der Waals surface area (Å²) < 4.78 is 5.33. The second-order valence-electron chi connectivity index (χ2n) is 4.70. The SMILES string of the molecule is COc1cc2ncnc(Nc3cccc(Cl)c3)c2cc1C. The number of nitrogens with zero attached hydrogens (tertiary/aromatic N) is 2. The third kappa shape index (κ3) is 2.76. The van der Waals surface area contributed by atoms with Gasteiger partial charge in [0.1, 0.15) is 17.9 Å². The van der Waals surface area contributed by atoms with Crippen molar-refractivity contribution in [3.63, 3.8) is 0 Å². The van der Waals surface area contributed by atoms with E-state index in [9.17, 15) is 0 Å². The van der Waals surface area contributed by atoms with E-state index >= 15 is 0 Å². The van der Waals surface area contributed by atoms with Crippen molar-refractivity contribution in [2.75, 3.05) is 12.4 Å². The van der Waals surface area contributed by atoms with E-state index in [1.165, 1.54) is 6.33 Å². The number of methoxy groups -OCH3 is 1. The zero-order chi connectivity index (χ0) is 14.8. The minimum atomic E-state index is 0.677. The van der Waals surface area contributed by atoms with Crippen molar-refractivity contribution < 1.29 is 4.74 Å². The minimum Gasteiger partial charge on any atom is -0.496 e. The molecule has 0 saturated carbocycles. The molecule has 5 heteroatoms. The monoisotopic (exact) mass is 299 g/mol. The van der Waals surface area contributed by atoms with Crippen molar-refractivity contribution in [1.82, 2.24) is 9.97 Å². The lowest BCUT2D eigenvalue weighted by molar-refractivity contribution is 0.412. The highest BCUT2D eigenvalue weighted by molar-refractivity contribution is 6.30. The summed E-state index contributed by atoms with van der Waals surface area (Å²) in [5, 5.41) is 4.89. The first-order valence-corrected chi connectivity index (χ1v) is 6.87. The predicted molar refractivity (Wildman–Crippen MR) is 85.6 cm³/mol. The van der Waals surface area contributed by atoms with Gasteiger partial charge in [0.2, 0.25) is 0 Å². The van der Waals surface area contributed by atoms with E-state index in [1.54, 1.807) is 7.11 Å². The van der Waals surface area contributed by atoms with Gasteiger partial charge < -0.3 is 10.1 Å². The topological polar surface area (TPSA) is 47.0 Å². The summed E-state index contributed by atoms with van der Waals surface area (Å²) in [6.45, 7) is 1.99. The molecule has 106 valence electrons. The molecule has 21 heavy (non-hydrogen) atoms. The fourth-order valence-electron chi connectivity index (χ4n) is 2.21. The molecule has 1 heterocycles. The molecule has 0 amide bonds. The van der Waals surface area contributed by atoms with E-state index in [0.717, 1.165) is 33.7 Å². The average Bonchev–Trinajstić information content (AvgIpc) is 2.47. The number of ether oxygens (including phenoxy) is 1. The summed E-state index contributed by atoms with van der Waals surface area (Å²) in [4.78, 5) is 8.62. The molecule has 0 spiro atoms. The second-order valence-corrected chi connectivity index (χ2v) is 5.13. The molecule has 3 rings (SSSR count). The molecule has 0 atom stereocenters. The summed E-state index contributed by atoms with van der Waals surface area (Å²) in [5.74, 6) is 1.56. The van der Waals surface area contributed by atoms with E-state index in [1.807, 2.05) is 43.3 Å². The number of anilines is 2. The van der Waals surface area contributed by atoms with Crippen molar-refractivity contribution in [2.45, 2.75) is 6.92 Å². The maximum absolute atomic E-state index is 6.00. The first-order chi connectivity index (χ1) is 10.2. The summed E-state index contributed by atoms with van der Waals surface area (Å²) in [5.41, 5.74) is 2.75. The molecule has 1 N–H and O–H groups in total. The first-order valence-electron chi connectivity index (χ1n) is 6.49. The Hall–Kier alpha value is -2.33. The van der Waals surface area contributed by atoms with Crippen LogP contribution in [-0.2, 0) is 0 Å². The number of aryl methyl sites for hydroxylation is 1. The summed E-state index contributed by atoms with van der Waals surface area (Å²) >= 11 is 6.00. The van der Waals surface area contributed by atoms with Gasteiger partial charge in [-0.1, -0.05) is 17.7 Å². The lowest BCUT2D eigenvalue weighted by atomic mass is 10.1. The maximum atomic E-state index is 6.00. The largest absolute Gasteiger partial charge is 0.496 e. The van der Waals surface area contributed by atoms with Crippen LogP contribution in [0.4, 0.5) is 11.5 Å². The van der Waals surface area contributed by atoms with Gasteiger partial charge in [-0.15, -0.1) is 0 Å². The molecule has 0 aliphatic carbocycles. The molecule has 0 fully saturated rings. The summed E-state index contributed by atoms with van der Waals surface area (Å²) in [6, 6.07) is 11.4. The number of halogens is 1. The fraction of sp³-hybridized carbons (Fsp3) is 0.125. The van der Waals surface area contributed by atoms with Crippen LogP contribution < -0.4 is 10.1 Å². The molecule has 1 aromatic heterocycles. The van der Waals surface area contributed by atoms with Gasteiger partial charge in [0, 0.05) is 22.2 Å². The number of benzene rings is 2. The van der Waals surface area contributed by atoms with E-state index in [-0.39, 0.29) is 0 Å². The third-order valence-electron chi connectivity index (χ3n) is 3.24. The summed E-state index contributed by atoms with van der Waals surface area (Å²) in [6.07, 6.45) is 1.53. The normalized spacial score (nSPS) is 10.6. The standard InChI is InChI=1S/C16H14ClN3O/c1-10-6-13-14(8-15(10)21-2)18-9-19-16(13)20-12-5-3-4-11(17)7-12/h3-9H,1-2H3,(H,18,19,20). The molecule has 0 radical (unpaired) electrons. The highest BCUT2D eigenvalue weighted by Crippen LogP contribution is 2.29. The average molecular weight is 300 g/mol. The Morgan fingerprint density at radius 1 is 1.14 bits per heavy atom. The Labute approximate surface area is 127 Å². The number of rotatable bonds is 3. The van der Waals surface area contributed by atoms with Crippen LogP contribution >= 0.6 is 11.6 Å². The highest BCUT2D eigenvalue weighted by atomic mass is 35.5. The lowest BCUT2D eigenvalue weighted by Gasteiger charge is -2.11. The number of hydrogen-bond donors (Lipinski definition) is 1. The Bertz CT molecular complexity index is 805. The van der Waals surface area contributed by atoms with E-state index in [4.69, 9.17) is 16.3 Å². The van der Waals surface area contributed by atoms with Gasteiger partial charge in [0.05, 0.1) is 12.6 Å². The Morgan fingerprint density at radius 2 is 2.00 bits per heavy atom. The minimum absolute atomic E-state index is 0.677. The van der Waals surface area contributed by atoms with Crippen LogP contribution in [0.1, 0.15) is 5.56 Å². The van der Waals surface area contributed by atoms with Gasteiger partial charge in [-0.25, -0.2) is 9.97 Å². The molecule has 0 saturated heterocycles. The fourth-order valence-corrected chi connectivity index (χ4v) is 2.40. The molecular formula is C16H14ClN3O. The number of aromatic nitrogens is 2. The quantitative estimate of drug-likeness (QED) is 0.781. The van der Waals surface area contributed by atoms with Crippen molar-refractivity contribution >= 4 is 34.0 Å². The van der Waals surface area contributed by atoms with Gasteiger partial charge >= 0.3 is 0 Å². The van der Waals surface area contributed by atoms with Crippen molar-refractivity contribution in [3.05, 3.63) is 53.3 Å². The zero-order valence-electron chi connectivity index (χ0n) is 11.7. The van der Waals surface area contributed by atoms with Crippen LogP contribution in [0.2, 0.25) is 5.02 Å². The summed E-state index contributed by atoms with van der Waals surface area (Å²) in [7, 11) is 1.65. The van der Waals surface area contributed by atoms with Crippen LogP contribution in [0.3, 0.4) is 0 Å². The molecule has 4 nitrogen and oxygen atoms in total. The zero-order valence-corrected chi connectivity index (χ0v) is 12.5. The molecule has 0 aliphatic rings. The van der Waals surface area contributed by atoms with E-state index in [2.05, 4.69) is 15.3 Å². The molecule has 2 aromatic carbocycles. The van der Waals surface area contributed by atoms with Gasteiger partial charge in [0.15, 0.2) is 0 Å². The van der Waals surface area contributed by atoms with Crippen LogP contribution in [-0.4, -0.2) is 17.1 Å². The Morgan fingerprint density at radius 3 is 2.76 bits per heavy atom. The van der Waals surface area contributed by atoms with E-state index < -0.39 is 0 Å². The van der Waals surface area contributed by atoms with Crippen molar-refractivity contribution in [3.8, 4) is 5.75 Å². The molecule has 0 bridgehead atoms. The van der Waals surface area contributed by atoms with Crippen LogP contribution in [0.5, 0.6) is 5.75 Å². The molecular weight excluding hydrogens is 286 g/mol. The Kier molecular flexibility index (Phi) is 3.62. The molecule has 3 aromatic rings. The third-order valence-corrected chi connectivity index (χ3v) is 3.47. The Balaban J connectivity index is 2.08. The van der Waals surface area contributed by atoms with Crippen LogP contribution in [0, 0.1) is 6.92 Å². The van der Waals surface area contributed by atoms with Gasteiger partial charge in [-0.3, -0.25) is 0 Å². The molecule has 0 unspecified atom stereocenters. The van der Waals surface area contributed by atoms with Crippen LogP contribution in [0.25, 0.3) is 10.9 Å². The van der Waals surface area contributed by atoms with E-state index in [0.29, 0.717) is 5.02 Å².